The molecule has 1 heterocycles. The molecule has 0 radical (unpaired) electrons. The Kier molecular flexibility index (Phi) is 6.01. The smallest absolute Gasteiger partial charge is 0.308 e. The highest BCUT2D eigenvalue weighted by Crippen LogP contribution is 2.35. The Balaban J connectivity index is 1.80. The van der Waals surface area contributed by atoms with Crippen molar-refractivity contribution in [3.63, 3.8) is 0 Å². The fourth-order valence-corrected chi connectivity index (χ4v) is 2.82. The van der Waals surface area contributed by atoms with E-state index in [9.17, 15) is 9.59 Å². The fourth-order valence-electron chi connectivity index (χ4n) is 2.82. The Morgan fingerprint density at radius 2 is 1.86 bits per heavy atom. The van der Waals surface area contributed by atoms with E-state index in [1.54, 1.807) is 18.2 Å². The van der Waals surface area contributed by atoms with Crippen LogP contribution < -0.4 is 14.2 Å². The molecule has 3 rings (SSSR count). The lowest BCUT2D eigenvalue weighted by Gasteiger charge is -2.20. The zero-order chi connectivity index (χ0) is 21.0. The number of para-hydroxylation sites is 1. The molecule has 0 N–H and O–H groups in total. The van der Waals surface area contributed by atoms with Gasteiger partial charge in [-0.15, -0.1) is 5.10 Å². The molecule has 0 saturated heterocycles. The van der Waals surface area contributed by atoms with E-state index in [2.05, 4.69) is 5.10 Å². The van der Waals surface area contributed by atoms with E-state index in [-0.39, 0.29) is 24.2 Å². The normalized spacial score (nSPS) is 15.4. The van der Waals surface area contributed by atoms with Crippen molar-refractivity contribution in [2.45, 2.75) is 27.0 Å². The van der Waals surface area contributed by atoms with Crippen LogP contribution in [0.2, 0.25) is 0 Å². The molecule has 1 aliphatic heterocycles. The van der Waals surface area contributed by atoms with Crippen molar-refractivity contribution in [3.05, 3.63) is 53.6 Å². The first-order chi connectivity index (χ1) is 13.9. The number of amides is 1. The van der Waals surface area contributed by atoms with Gasteiger partial charge >= 0.3 is 5.97 Å². The van der Waals surface area contributed by atoms with Crippen molar-refractivity contribution >= 4 is 17.8 Å². The lowest BCUT2D eigenvalue weighted by molar-refractivity contribution is -0.135. The van der Waals surface area contributed by atoms with Crippen LogP contribution in [0.1, 0.15) is 31.2 Å². The molecule has 1 atom stereocenters. The molecule has 1 amide bonds. The second-order valence-corrected chi connectivity index (χ2v) is 6.39. The maximum absolute atomic E-state index is 12.1. The summed E-state index contributed by atoms with van der Waals surface area (Å²) in [7, 11) is 1.47. The van der Waals surface area contributed by atoms with Crippen LogP contribution in [-0.2, 0) is 14.3 Å². The first-order valence-corrected chi connectivity index (χ1v) is 8.97. The number of esters is 1. The van der Waals surface area contributed by atoms with Crippen molar-refractivity contribution in [2.24, 2.45) is 5.10 Å². The van der Waals surface area contributed by atoms with Gasteiger partial charge in [0.05, 0.1) is 7.11 Å². The van der Waals surface area contributed by atoms with Gasteiger partial charge in [0.15, 0.2) is 18.1 Å². The molecule has 8 heteroatoms. The van der Waals surface area contributed by atoms with Gasteiger partial charge in [0.1, 0.15) is 5.75 Å². The lowest BCUT2D eigenvalue weighted by atomic mass is 10.1. The van der Waals surface area contributed by atoms with Crippen LogP contribution in [0, 0.1) is 6.92 Å². The SMILES string of the molecule is COc1ccc([C@H]2OC(COc3ccccc3C)=NN2C(C)=O)cc1OC(C)=O. The van der Waals surface area contributed by atoms with Crippen LogP contribution in [0.15, 0.2) is 47.6 Å². The van der Waals surface area contributed by atoms with Gasteiger partial charge < -0.3 is 18.9 Å². The first-order valence-electron chi connectivity index (χ1n) is 8.97. The maximum atomic E-state index is 12.1. The van der Waals surface area contributed by atoms with E-state index in [0.29, 0.717) is 17.1 Å². The molecule has 0 unspecified atom stereocenters. The number of hydrogen-bond donors (Lipinski definition) is 0. The molecule has 0 aromatic heterocycles. The number of methoxy groups -OCH3 is 1. The number of benzene rings is 2. The van der Waals surface area contributed by atoms with Gasteiger partial charge in [-0.05, 0) is 36.8 Å². The van der Waals surface area contributed by atoms with Gasteiger partial charge in [-0.3, -0.25) is 9.59 Å². The molecule has 2 aromatic carbocycles. The minimum absolute atomic E-state index is 0.0676. The first kappa shape index (κ1) is 20.2. The summed E-state index contributed by atoms with van der Waals surface area (Å²) in [5.41, 5.74) is 1.55. The van der Waals surface area contributed by atoms with Gasteiger partial charge in [0, 0.05) is 19.4 Å². The van der Waals surface area contributed by atoms with E-state index >= 15 is 0 Å². The predicted octanol–water partition coefficient (Wildman–Crippen LogP) is 3.20. The number of ether oxygens (including phenoxy) is 4. The number of aryl methyl sites for hydroxylation is 1. The summed E-state index contributed by atoms with van der Waals surface area (Å²) in [6.07, 6.45) is -0.803. The van der Waals surface area contributed by atoms with Gasteiger partial charge in [-0.1, -0.05) is 18.2 Å². The number of nitrogens with zero attached hydrogens (tertiary/aromatic N) is 2. The van der Waals surface area contributed by atoms with Crippen LogP contribution in [0.25, 0.3) is 0 Å². The molecular weight excluding hydrogens is 376 g/mol. The van der Waals surface area contributed by atoms with Crippen molar-refractivity contribution in [2.75, 3.05) is 13.7 Å². The Morgan fingerprint density at radius 1 is 1.10 bits per heavy atom. The Bertz CT molecular complexity index is 956. The van der Waals surface area contributed by atoms with Crippen molar-refractivity contribution in [1.29, 1.82) is 0 Å². The molecule has 8 nitrogen and oxygen atoms in total. The molecule has 152 valence electrons. The lowest BCUT2D eigenvalue weighted by Crippen LogP contribution is -2.25. The highest BCUT2D eigenvalue weighted by atomic mass is 16.6. The van der Waals surface area contributed by atoms with Crippen molar-refractivity contribution in [1.82, 2.24) is 5.01 Å². The Hall–Kier alpha value is -3.55. The van der Waals surface area contributed by atoms with Gasteiger partial charge in [0.2, 0.25) is 18.0 Å². The third-order valence-electron chi connectivity index (χ3n) is 4.18. The van der Waals surface area contributed by atoms with Gasteiger partial charge in [-0.25, -0.2) is 0 Å². The van der Waals surface area contributed by atoms with E-state index in [0.717, 1.165) is 5.56 Å². The van der Waals surface area contributed by atoms with E-state index in [1.807, 2.05) is 31.2 Å². The molecule has 1 aliphatic rings. The van der Waals surface area contributed by atoms with E-state index in [4.69, 9.17) is 18.9 Å². The van der Waals surface area contributed by atoms with E-state index in [1.165, 1.54) is 26.0 Å². The standard InChI is InChI=1S/C21H22N2O6/c1-13-7-5-6-8-17(13)27-12-20-22-23(14(2)24)21(29-20)16-9-10-18(26-4)19(11-16)28-15(3)25/h5-11,21H,12H2,1-4H3/t21-/m1/s1. The second-order valence-electron chi connectivity index (χ2n) is 6.39. The van der Waals surface area contributed by atoms with Gasteiger partial charge in [0.25, 0.3) is 0 Å². The summed E-state index contributed by atoms with van der Waals surface area (Å²) in [4.78, 5) is 23.5. The zero-order valence-electron chi connectivity index (χ0n) is 16.7. The number of carbonyl (C=O) groups is 2. The number of carbonyl (C=O) groups excluding carboxylic acids is 2. The molecule has 0 saturated carbocycles. The molecule has 0 aliphatic carbocycles. The molecule has 0 fully saturated rings. The third-order valence-corrected chi connectivity index (χ3v) is 4.18. The average molecular weight is 398 g/mol. The number of hydrazone groups is 1. The van der Waals surface area contributed by atoms with Crippen LogP contribution in [0.5, 0.6) is 17.2 Å². The van der Waals surface area contributed by atoms with Crippen LogP contribution >= 0.6 is 0 Å². The Labute approximate surface area is 168 Å². The summed E-state index contributed by atoms with van der Waals surface area (Å²) >= 11 is 0. The quantitative estimate of drug-likeness (QED) is 0.549. The summed E-state index contributed by atoms with van der Waals surface area (Å²) in [5, 5.41) is 5.46. The summed E-state index contributed by atoms with van der Waals surface area (Å²) in [6, 6.07) is 12.5. The fraction of sp³-hybridized carbons (Fsp3) is 0.286. The molecule has 2 aromatic rings. The maximum Gasteiger partial charge on any atom is 0.308 e. The van der Waals surface area contributed by atoms with Gasteiger partial charge in [-0.2, -0.15) is 5.01 Å². The summed E-state index contributed by atoms with van der Waals surface area (Å²) < 4.78 is 22.0. The highest BCUT2D eigenvalue weighted by Gasteiger charge is 2.33. The summed E-state index contributed by atoms with van der Waals surface area (Å²) in [6.45, 7) is 4.69. The number of hydrogen-bond acceptors (Lipinski definition) is 7. The minimum atomic E-state index is -0.803. The second kappa shape index (κ2) is 8.64. The van der Waals surface area contributed by atoms with Crippen molar-refractivity contribution < 1.29 is 28.5 Å². The molecular formula is C21H22N2O6. The van der Waals surface area contributed by atoms with Crippen LogP contribution in [0.4, 0.5) is 0 Å². The monoisotopic (exact) mass is 398 g/mol. The highest BCUT2D eigenvalue weighted by molar-refractivity contribution is 5.83. The Morgan fingerprint density at radius 3 is 2.52 bits per heavy atom. The number of rotatable bonds is 6. The molecule has 29 heavy (non-hydrogen) atoms. The van der Waals surface area contributed by atoms with Crippen LogP contribution in [0.3, 0.4) is 0 Å². The zero-order valence-corrected chi connectivity index (χ0v) is 16.7. The van der Waals surface area contributed by atoms with Crippen LogP contribution in [-0.4, -0.2) is 36.5 Å². The molecule has 0 bridgehead atoms. The average Bonchev–Trinajstić information content (AvgIpc) is 3.11. The third kappa shape index (κ3) is 4.66. The largest absolute Gasteiger partial charge is 0.493 e. The molecule has 0 spiro atoms. The summed E-state index contributed by atoms with van der Waals surface area (Å²) in [5.74, 6) is 0.802. The van der Waals surface area contributed by atoms with Crippen molar-refractivity contribution in [3.8, 4) is 17.2 Å². The minimum Gasteiger partial charge on any atom is -0.493 e. The van der Waals surface area contributed by atoms with E-state index < -0.39 is 12.2 Å². The topological polar surface area (TPSA) is 86.7 Å². The predicted molar refractivity (Wildman–Crippen MR) is 105 cm³/mol.